The topological polar surface area (TPSA) is 4.93 Å². The molecule has 0 saturated heterocycles. The maximum Gasteiger partial charge on any atom is 0.0541 e. The van der Waals surface area contributed by atoms with Gasteiger partial charge in [-0.3, -0.25) is 0 Å². The summed E-state index contributed by atoms with van der Waals surface area (Å²) in [6.45, 7) is 0. The average molecular weight is 648 g/mol. The third kappa shape index (κ3) is 4.28. The second-order valence-corrected chi connectivity index (χ2v) is 14.0. The van der Waals surface area contributed by atoms with Crippen molar-refractivity contribution in [3.05, 3.63) is 210 Å². The van der Waals surface area contributed by atoms with Gasteiger partial charge in [-0.05, 0) is 115 Å². The molecule has 0 aliphatic heterocycles. The molecular formula is C50H33N. The highest BCUT2D eigenvalue weighted by molar-refractivity contribution is 6.10. The number of rotatable bonds is 4. The summed E-state index contributed by atoms with van der Waals surface area (Å²) in [5.74, 6) is 0.207. The minimum absolute atomic E-state index is 0.207. The molecule has 1 heterocycles. The molecule has 1 atom stereocenters. The maximum absolute atomic E-state index is 2.45. The van der Waals surface area contributed by atoms with Crippen LogP contribution in [-0.4, -0.2) is 4.57 Å². The second kappa shape index (κ2) is 11.0. The normalized spacial score (nSPS) is 14.0. The van der Waals surface area contributed by atoms with E-state index in [0.29, 0.717) is 0 Å². The molecule has 0 saturated carbocycles. The molecular weight excluding hydrogens is 615 g/mol. The summed E-state index contributed by atoms with van der Waals surface area (Å²) in [5, 5.41) is 2.54. The van der Waals surface area contributed by atoms with Crippen LogP contribution < -0.4 is 0 Å². The Morgan fingerprint density at radius 1 is 0.412 bits per heavy atom. The number of nitrogens with zero attached hydrogens (tertiary/aromatic N) is 1. The van der Waals surface area contributed by atoms with E-state index in [1.807, 2.05) is 0 Å². The molecule has 2 aliphatic rings. The van der Waals surface area contributed by atoms with Gasteiger partial charge in [-0.25, -0.2) is 0 Å². The first kappa shape index (κ1) is 28.4. The Labute approximate surface area is 297 Å². The molecule has 1 aromatic heterocycles. The van der Waals surface area contributed by atoms with Crippen LogP contribution in [0.1, 0.15) is 33.7 Å². The first-order valence-corrected chi connectivity index (χ1v) is 17.9. The van der Waals surface area contributed by atoms with Crippen LogP contribution in [0, 0.1) is 0 Å². The van der Waals surface area contributed by atoms with E-state index in [-0.39, 0.29) is 5.92 Å². The fourth-order valence-electron chi connectivity index (χ4n) is 9.04. The van der Waals surface area contributed by atoms with E-state index in [9.17, 15) is 0 Å². The van der Waals surface area contributed by atoms with Crippen molar-refractivity contribution in [3.63, 3.8) is 0 Å². The van der Waals surface area contributed by atoms with Gasteiger partial charge in [-0.2, -0.15) is 0 Å². The summed E-state index contributed by atoms with van der Waals surface area (Å²) < 4.78 is 2.42. The van der Waals surface area contributed by atoms with E-state index in [1.54, 1.807) is 0 Å². The molecule has 1 heteroatoms. The van der Waals surface area contributed by atoms with E-state index < -0.39 is 0 Å². The number of aromatic nitrogens is 1. The zero-order valence-corrected chi connectivity index (χ0v) is 28.1. The van der Waals surface area contributed by atoms with Crippen LogP contribution in [0.3, 0.4) is 0 Å². The lowest BCUT2D eigenvalue weighted by Crippen LogP contribution is -2.01. The van der Waals surface area contributed by atoms with Gasteiger partial charge in [-0.15, -0.1) is 0 Å². The lowest BCUT2D eigenvalue weighted by Gasteiger charge is -2.18. The molecule has 0 radical (unpaired) electrons. The summed E-state index contributed by atoms with van der Waals surface area (Å²) in [4.78, 5) is 0. The number of hydrogen-bond acceptors (Lipinski definition) is 0. The lowest BCUT2D eigenvalue weighted by atomic mass is 9.84. The average Bonchev–Trinajstić information content (AvgIpc) is 3.85. The van der Waals surface area contributed by atoms with Gasteiger partial charge in [0, 0.05) is 22.4 Å². The van der Waals surface area contributed by atoms with Crippen LogP contribution in [0.5, 0.6) is 0 Å². The molecule has 51 heavy (non-hydrogen) atoms. The second-order valence-electron chi connectivity index (χ2n) is 14.0. The Balaban J connectivity index is 1.08. The van der Waals surface area contributed by atoms with Gasteiger partial charge in [0.15, 0.2) is 0 Å². The lowest BCUT2D eigenvalue weighted by molar-refractivity contribution is 1.02. The van der Waals surface area contributed by atoms with E-state index in [4.69, 9.17) is 0 Å². The Morgan fingerprint density at radius 3 is 2.02 bits per heavy atom. The zero-order valence-electron chi connectivity index (χ0n) is 28.1. The van der Waals surface area contributed by atoms with Crippen molar-refractivity contribution in [3.8, 4) is 50.2 Å². The summed E-state index contributed by atoms with van der Waals surface area (Å²) in [7, 11) is 0. The Bertz CT molecular complexity index is 2820. The quantitative estimate of drug-likeness (QED) is 0.179. The summed E-state index contributed by atoms with van der Waals surface area (Å²) in [6.07, 6.45) is 1.01. The Morgan fingerprint density at radius 2 is 1.12 bits per heavy atom. The van der Waals surface area contributed by atoms with Crippen LogP contribution in [0.4, 0.5) is 0 Å². The summed E-state index contributed by atoms with van der Waals surface area (Å²) in [6, 6.07) is 67.5. The third-order valence-corrected chi connectivity index (χ3v) is 11.3. The molecule has 8 aromatic carbocycles. The van der Waals surface area contributed by atoms with Crippen molar-refractivity contribution in [2.75, 3.05) is 0 Å². The third-order valence-electron chi connectivity index (χ3n) is 11.3. The van der Waals surface area contributed by atoms with E-state index in [1.165, 1.54) is 99.8 Å². The monoisotopic (exact) mass is 647 g/mol. The minimum Gasteiger partial charge on any atom is -0.309 e. The van der Waals surface area contributed by atoms with Crippen molar-refractivity contribution in [2.24, 2.45) is 0 Å². The van der Waals surface area contributed by atoms with Gasteiger partial charge in [0.25, 0.3) is 0 Å². The number of para-hydroxylation sites is 1. The first-order chi connectivity index (χ1) is 25.3. The predicted molar refractivity (Wildman–Crippen MR) is 213 cm³/mol. The van der Waals surface area contributed by atoms with E-state index >= 15 is 0 Å². The maximum atomic E-state index is 2.45. The zero-order chi connectivity index (χ0) is 33.5. The molecule has 0 N–H and O–H groups in total. The SMILES string of the molecule is c1ccc(-c2cccc(-n3c4ccccc4c4cc(-c5ccc6c(c5)-c5ccc7c(c5C6c5ccccc5)-c5ccccc5C7)ccc43)c2)cc1. The van der Waals surface area contributed by atoms with Crippen LogP contribution in [0.15, 0.2) is 182 Å². The number of fused-ring (bicyclic) bond motifs is 10. The smallest absolute Gasteiger partial charge is 0.0541 e. The highest BCUT2D eigenvalue weighted by atomic mass is 15.0. The Kier molecular flexibility index (Phi) is 6.15. The standard InChI is InChI=1S/C50H33N/c1-3-12-32(13-4-1)34-17-11-18-39(29-34)51-46-21-10-9-20-41(46)45-31-36(24-27-47(45)51)35-22-25-42-44(30-35)43-26-23-38-28-37-16-7-8-19-40(37)49(38)50(43)48(42)33-14-5-2-6-15-33/h1-27,29-31,48H,28H2. The van der Waals surface area contributed by atoms with Gasteiger partial charge >= 0.3 is 0 Å². The van der Waals surface area contributed by atoms with E-state index in [0.717, 1.165) is 6.42 Å². The molecule has 0 amide bonds. The number of benzene rings is 8. The molecule has 0 bridgehead atoms. The van der Waals surface area contributed by atoms with Crippen molar-refractivity contribution >= 4 is 21.8 Å². The molecule has 1 unspecified atom stereocenters. The van der Waals surface area contributed by atoms with Gasteiger partial charge in [0.1, 0.15) is 0 Å². The van der Waals surface area contributed by atoms with Crippen LogP contribution in [0.2, 0.25) is 0 Å². The molecule has 9 aromatic rings. The molecule has 1 nitrogen and oxygen atoms in total. The predicted octanol–water partition coefficient (Wildman–Crippen LogP) is 12.8. The van der Waals surface area contributed by atoms with Crippen LogP contribution in [0.25, 0.3) is 72.0 Å². The fraction of sp³-hybridized carbons (Fsp3) is 0.0400. The largest absolute Gasteiger partial charge is 0.309 e. The van der Waals surface area contributed by atoms with Crippen molar-refractivity contribution in [1.29, 1.82) is 0 Å². The Hall–Kier alpha value is -6.44. The molecule has 11 rings (SSSR count). The molecule has 238 valence electrons. The minimum atomic E-state index is 0.207. The molecule has 0 fully saturated rings. The van der Waals surface area contributed by atoms with Crippen molar-refractivity contribution in [1.82, 2.24) is 4.57 Å². The van der Waals surface area contributed by atoms with Crippen molar-refractivity contribution < 1.29 is 0 Å². The fourth-order valence-corrected chi connectivity index (χ4v) is 9.04. The van der Waals surface area contributed by atoms with Crippen LogP contribution >= 0.6 is 0 Å². The van der Waals surface area contributed by atoms with Gasteiger partial charge in [0.2, 0.25) is 0 Å². The molecule has 0 spiro atoms. The first-order valence-electron chi connectivity index (χ1n) is 17.9. The summed E-state index contributed by atoms with van der Waals surface area (Å²) in [5.41, 5.74) is 21.2. The van der Waals surface area contributed by atoms with Crippen LogP contribution in [-0.2, 0) is 6.42 Å². The summed E-state index contributed by atoms with van der Waals surface area (Å²) >= 11 is 0. The van der Waals surface area contributed by atoms with E-state index in [2.05, 4.69) is 187 Å². The molecule has 2 aliphatic carbocycles. The van der Waals surface area contributed by atoms with Gasteiger partial charge in [0.05, 0.1) is 11.0 Å². The highest BCUT2D eigenvalue weighted by Crippen LogP contribution is 2.55. The number of hydrogen-bond donors (Lipinski definition) is 0. The highest BCUT2D eigenvalue weighted by Gasteiger charge is 2.36. The van der Waals surface area contributed by atoms with Crippen molar-refractivity contribution in [2.45, 2.75) is 12.3 Å². The van der Waals surface area contributed by atoms with Gasteiger partial charge in [-0.1, -0.05) is 146 Å². The van der Waals surface area contributed by atoms with Gasteiger partial charge < -0.3 is 4.57 Å².